The minimum Gasteiger partial charge on any atom is -0.312 e. The van der Waals surface area contributed by atoms with Crippen molar-refractivity contribution in [3.63, 3.8) is 0 Å². The Kier molecular flexibility index (Phi) is 3.51. The van der Waals surface area contributed by atoms with Crippen molar-refractivity contribution in [2.45, 2.75) is 27.7 Å². The molecule has 0 aliphatic carbocycles. The largest absolute Gasteiger partial charge is 0.312 e. The molecule has 1 aromatic carbocycles. The Hall–Kier alpha value is -1.31. The van der Waals surface area contributed by atoms with Crippen molar-refractivity contribution in [2.75, 3.05) is 11.4 Å². The number of amides is 1. The molecule has 0 radical (unpaired) electrons. The van der Waals surface area contributed by atoms with Crippen molar-refractivity contribution in [3.8, 4) is 0 Å². The molecule has 1 aromatic rings. The maximum absolute atomic E-state index is 12.1. The van der Waals surface area contributed by atoms with Gasteiger partial charge in [-0.25, -0.2) is 0 Å². The minimum atomic E-state index is -0.328. The Morgan fingerprint density at radius 2 is 1.73 bits per heavy atom. The Morgan fingerprint density at radius 1 is 1.20 bits per heavy atom. The van der Waals surface area contributed by atoms with Crippen LogP contribution in [0.5, 0.6) is 0 Å². The van der Waals surface area contributed by atoms with E-state index in [-0.39, 0.29) is 11.3 Å². The van der Waals surface area contributed by atoms with Crippen LogP contribution in [0.3, 0.4) is 0 Å². The first kappa shape index (κ1) is 11.8. The highest BCUT2D eigenvalue weighted by Gasteiger charge is 2.26. The summed E-state index contributed by atoms with van der Waals surface area (Å²) < 4.78 is 0. The summed E-state index contributed by atoms with van der Waals surface area (Å²) in [6.45, 7) is 8.54. The van der Waals surface area contributed by atoms with Crippen LogP contribution < -0.4 is 4.90 Å². The Labute approximate surface area is 91.9 Å². The van der Waals surface area contributed by atoms with E-state index in [0.29, 0.717) is 6.54 Å². The zero-order chi connectivity index (χ0) is 11.5. The predicted octanol–water partition coefficient (Wildman–Crippen LogP) is 3.09. The monoisotopic (exact) mass is 205 g/mol. The van der Waals surface area contributed by atoms with Crippen LogP contribution in [0, 0.1) is 5.41 Å². The Bertz CT molecular complexity index is 324. The number of nitrogens with zero attached hydrogens (tertiary/aromatic N) is 1. The maximum Gasteiger partial charge on any atom is 0.232 e. The molecule has 0 unspecified atom stereocenters. The van der Waals surface area contributed by atoms with Gasteiger partial charge in [-0.15, -0.1) is 0 Å². The van der Waals surface area contributed by atoms with Gasteiger partial charge in [0.1, 0.15) is 0 Å². The highest BCUT2D eigenvalue weighted by molar-refractivity contribution is 5.96. The third kappa shape index (κ3) is 2.82. The highest BCUT2D eigenvalue weighted by Crippen LogP contribution is 2.22. The van der Waals surface area contributed by atoms with E-state index >= 15 is 0 Å². The van der Waals surface area contributed by atoms with Crippen molar-refractivity contribution >= 4 is 11.6 Å². The van der Waals surface area contributed by atoms with Crippen molar-refractivity contribution in [1.29, 1.82) is 0 Å². The molecule has 0 aliphatic heterocycles. The van der Waals surface area contributed by atoms with Gasteiger partial charge >= 0.3 is 0 Å². The molecule has 1 rings (SSSR count). The van der Waals surface area contributed by atoms with Crippen LogP contribution in [0.1, 0.15) is 27.7 Å². The number of hydrogen-bond acceptors (Lipinski definition) is 1. The van der Waals surface area contributed by atoms with E-state index in [4.69, 9.17) is 0 Å². The van der Waals surface area contributed by atoms with E-state index in [2.05, 4.69) is 0 Å². The van der Waals surface area contributed by atoms with Gasteiger partial charge in [-0.2, -0.15) is 0 Å². The first-order valence-corrected chi connectivity index (χ1v) is 5.34. The first-order valence-electron chi connectivity index (χ1n) is 5.34. The summed E-state index contributed by atoms with van der Waals surface area (Å²) in [6.07, 6.45) is 0. The molecule has 1 amide bonds. The zero-order valence-corrected chi connectivity index (χ0v) is 9.95. The SMILES string of the molecule is CCN(C(=O)C(C)(C)C)c1ccccc1. The smallest absolute Gasteiger partial charge is 0.232 e. The van der Waals surface area contributed by atoms with Crippen LogP contribution >= 0.6 is 0 Å². The molecule has 0 N–H and O–H groups in total. The van der Waals surface area contributed by atoms with Gasteiger partial charge in [0.2, 0.25) is 5.91 Å². The van der Waals surface area contributed by atoms with Crippen LogP contribution in [-0.4, -0.2) is 12.5 Å². The summed E-state index contributed by atoms with van der Waals surface area (Å²) in [6, 6.07) is 9.79. The predicted molar refractivity (Wildman–Crippen MR) is 63.9 cm³/mol. The van der Waals surface area contributed by atoms with Crippen LogP contribution in [-0.2, 0) is 4.79 Å². The van der Waals surface area contributed by atoms with Gasteiger partial charge in [0.05, 0.1) is 0 Å². The van der Waals surface area contributed by atoms with E-state index in [0.717, 1.165) is 5.69 Å². The molecular formula is C13H19NO. The second-order valence-electron chi connectivity index (χ2n) is 4.63. The molecule has 0 aromatic heterocycles. The summed E-state index contributed by atoms with van der Waals surface area (Å²) in [5.74, 6) is 0.163. The van der Waals surface area contributed by atoms with E-state index in [9.17, 15) is 4.79 Å². The van der Waals surface area contributed by atoms with Gasteiger partial charge < -0.3 is 4.90 Å². The molecule has 0 saturated carbocycles. The van der Waals surface area contributed by atoms with Crippen LogP contribution in [0.25, 0.3) is 0 Å². The minimum absolute atomic E-state index is 0.163. The number of benzene rings is 1. The highest BCUT2D eigenvalue weighted by atomic mass is 16.2. The average Bonchev–Trinajstić information content (AvgIpc) is 2.19. The number of hydrogen-bond donors (Lipinski definition) is 0. The standard InChI is InChI=1S/C13H19NO/c1-5-14(12(15)13(2,3)4)11-9-7-6-8-10-11/h6-10H,5H2,1-4H3. The molecular weight excluding hydrogens is 186 g/mol. The lowest BCUT2D eigenvalue weighted by Gasteiger charge is -2.28. The third-order valence-electron chi connectivity index (χ3n) is 2.27. The van der Waals surface area contributed by atoms with Crippen LogP contribution in [0.4, 0.5) is 5.69 Å². The van der Waals surface area contributed by atoms with Gasteiger partial charge in [0.15, 0.2) is 0 Å². The molecule has 0 fully saturated rings. The quantitative estimate of drug-likeness (QED) is 0.726. The molecule has 2 nitrogen and oxygen atoms in total. The zero-order valence-electron chi connectivity index (χ0n) is 9.95. The molecule has 0 bridgehead atoms. The fourth-order valence-electron chi connectivity index (χ4n) is 1.46. The van der Waals surface area contributed by atoms with Crippen molar-refractivity contribution in [1.82, 2.24) is 0 Å². The number of para-hydroxylation sites is 1. The fourth-order valence-corrected chi connectivity index (χ4v) is 1.46. The normalized spacial score (nSPS) is 11.2. The Balaban J connectivity index is 2.96. The number of rotatable bonds is 2. The van der Waals surface area contributed by atoms with Crippen molar-refractivity contribution in [2.24, 2.45) is 5.41 Å². The van der Waals surface area contributed by atoms with Gasteiger partial charge in [-0.1, -0.05) is 39.0 Å². The molecule has 2 heteroatoms. The second kappa shape index (κ2) is 4.47. The number of carbonyl (C=O) groups excluding carboxylic acids is 1. The second-order valence-corrected chi connectivity index (χ2v) is 4.63. The van der Waals surface area contributed by atoms with Gasteiger partial charge in [-0.05, 0) is 19.1 Å². The fraction of sp³-hybridized carbons (Fsp3) is 0.462. The molecule has 0 heterocycles. The van der Waals surface area contributed by atoms with Crippen LogP contribution in [0.15, 0.2) is 30.3 Å². The average molecular weight is 205 g/mol. The summed E-state index contributed by atoms with van der Waals surface area (Å²) in [5.41, 5.74) is 0.645. The van der Waals surface area contributed by atoms with Gasteiger partial charge in [0, 0.05) is 17.6 Å². The lowest BCUT2D eigenvalue weighted by atomic mass is 9.94. The molecule has 0 saturated heterocycles. The van der Waals surface area contributed by atoms with E-state index in [1.165, 1.54) is 0 Å². The van der Waals surface area contributed by atoms with Gasteiger partial charge in [0.25, 0.3) is 0 Å². The molecule has 0 aliphatic rings. The van der Waals surface area contributed by atoms with E-state index < -0.39 is 0 Å². The lowest BCUT2D eigenvalue weighted by molar-refractivity contribution is -0.125. The van der Waals surface area contributed by atoms with E-state index in [1.54, 1.807) is 0 Å². The van der Waals surface area contributed by atoms with Crippen LogP contribution in [0.2, 0.25) is 0 Å². The summed E-state index contributed by atoms with van der Waals surface area (Å²) in [5, 5.41) is 0. The van der Waals surface area contributed by atoms with Crippen molar-refractivity contribution < 1.29 is 4.79 Å². The summed E-state index contributed by atoms with van der Waals surface area (Å²) in [4.78, 5) is 13.9. The number of carbonyl (C=O) groups is 1. The Morgan fingerprint density at radius 3 is 2.13 bits per heavy atom. The van der Waals surface area contributed by atoms with Crippen molar-refractivity contribution in [3.05, 3.63) is 30.3 Å². The third-order valence-corrected chi connectivity index (χ3v) is 2.27. The molecule has 82 valence electrons. The lowest BCUT2D eigenvalue weighted by Crippen LogP contribution is -2.39. The molecule has 15 heavy (non-hydrogen) atoms. The topological polar surface area (TPSA) is 20.3 Å². The van der Waals surface area contributed by atoms with E-state index in [1.807, 2.05) is 62.9 Å². The first-order chi connectivity index (χ1) is 6.96. The van der Waals surface area contributed by atoms with Gasteiger partial charge in [-0.3, -0.25) is 4.79 Å². The number of anilines is 1. The molecule has 0 atom stereocenters. The summed E-state index contributed by atoms with van der Waals surface area (Å²) >= 11 is 0. The molecule has 0 spiro atoms. The summed E-state index contributed by atoms with van der Waals surface area (Å²) in [7, 11) is 0. The maximum atomic E-state index is 12.1.